The fraction of sp³-hybridized carbons (Fsp3) is 0.333. The Hall–Kier alpha value is -1.66. The molecule has 0 bridgehead atoms. The van der Waals surface area contributed by atoms with Crippen molar-refractivity contribution in [2.45, 2.75) is 18.9 Å². The zero-order valence-electron chi connectivity index (χ0n) is 11.4. The van der Waals surface area contributed by atoms with E-state index in [0.717, 1.165) is 22.7 Å². The lowest BCUT2D eigenvalue weighted by Gasteiger charge is -2.24. The number of pyridine rings is 1. The number of carbonyl (C=O) groups is 1. The number of amides is 1. The number of nitrogens with one attached hydrogen (secondary N) is 1. The van der Waals surface area contributed by atoms with Gasteiger partial charge in [-0.25, -0.2) is 0 Å². The SMILES string of the molecule is NC[C@H]1CCCN1C(=O)c1cc(=O)[nH]c2ccc(Br)cc12. The van der Waals surface area contributed by atoms with Gasteiger partial charge in [0.2, 0.25) is 5.56 Å². The summed E-state index contributed by atoms with van der Waals surface area (Å²) < 4.78 is 0.868. The molecule has 1 aromatic carbocycles. The molecule has 1 atom stereocenters. The number of rotatable bonds is 2. The molecule has 0 spiro atoms. The molecule has 0 aliphatic carbocycles. The fourth-order valence-electron chi connectivity index (χ4n) is 2.91. The summed E-state index contributed by atoms with van der Waals surface area (Å²) in [6.07, 6.45) is 1.88. The molecule has 5 nitrogen and oxygen atoms in total. The zero-order chi connectivity index (χ0) is 15.0. The topological polar surface area (TPSA) is 79.2 Å². The van der Waals surface area contributed by atoms with E-state index in [0.29, 0.717) is 24.2 Å². The van der Waals surface area contributed by atoms with Crippen LogP contribution in [0.25, 0.3) is 10.9 Å². The van der Waals surface area contributed by atoms with Gasteiger partial charge in [-0.1, -0.05) is 15.9 Å². The summed E-state index contributed by atoms with van der Waals surface area (Å²) in [6, 6.07) is 6.93. The molecular formula is C15H16BrN3O2. The number of halogens is 1. The Morgan fingerprint density at radius 1 is 1.43 bits per heavy atom. The quantitative estimate of drug-likeness (QED) is 0.868. The van der Waals surface area contributed by atoms with Crippen LogP contribution in [-0.4, -0.2) is 34.9 Å². The van der Waals surface area contributed by atoms with Crippen LogP contribution in [0.4, 0.5) is 0 Å². The molecule has 6 heteroatoms. The van der Waals surface area contributed by atoms with Crippen molar-refractivity contribution in [2.24, 2.45) is 5.73 Å². The molecule has 21 heavy (non-hydrogen) atoms. The first-order valence-electron chi connectivity index (χ1n) is 6.94. The summed E-state index contributed by atoms with van der Waals surface area (Å²) in [7, 11) is 0. The number of fused-ring (bicyclic) bond motifs is 1. The van der Waals surface area contributed by atoms with Gasteiger partial charge in [-0.05, 0) is 31.0 Å². The Balaban J connectivity index is 2.13. The van der Waals surface area contributed by atoms with Crippen LogP contribution in [0.3, 0.4) is 0 Å². The summed E-state index contributed by atoms with van der Waals surface area (Å²) in [5, 5.41) is 0.747. The van der Waals surface area contributed by atoms with E-state index in [-0.39, 0.29) is 17.5 Å². The van der Waals surface area contributed by atoms with E-state index in [1.54, 1.807) is 11.0 Å². The van der Waals surface area contributed by atoms with Crippen LogP contribution in [0.5, 0.6) is 0 Å². The number of aromatic amines is 1. The smallest absolute Gasteiger partial charge is 0.255 e. The molecule has 1 fully saturated rings. The average molecular weight is 350 g/mol. The van der Waals surface area contributed by atoms with Gasteiger partial charge in [0.15, 0.2) is 0 Å². The summed E-state index contributed by atoms with van der Waals surface area (Å²) in [5.74, 6) is -0.114. The van der Waals surface area contributed by atoms with E-state index in [9.17, 15) is 9.59 Å². The second kappa shape index (κ2) is 5.61. The molecule has 1 amide bonds. The van der Waals surface area contributed by atoms with E-state index in [2.05, 4.69) is 20.9 Å². The van der Waals surface area contributed by atoms with Crippen molar-refractivity contribution < 1.29 is 4.79 Å². The van der Waals surface area contributed by atoms with Gasteiger partial charge in [-0.2, -0.15) is 0 Å². The van der Waals surface area contributed by atoms with Crippen molar-refractivity contribution in [1.82, 2.24) is 9.88 Å². The number of H-pyrrole nitrogens is 1. The minimum atomic E-state index is -0.267. The average Bonchev–Trinajstić information content (AvgIpc) is 2.94. The molecule has 1 saturated heterocycles. The minimum absolute atomic E-state index is 0.0685. The Labute approximate surface area is 130 Å². The second-order valence-electron chi connectivity index (χ2n) is 5.27. The van der Waals surface area contributed by atoms with Crippen LogP contribution in [0.15, 0.2) is 33.5 Å². The molecule has 1 aromatic heterocycles. The fourth-order valence-corrected chi connectivity index (χ4v) is 3.27. The lowest BCUT2D eigenvalue weighted by atomic mass is 10.1. The highest BCUT2D eigenvalue weighted by Crippen LogP contribution is 2.24. The summed E-state index contributed by atoms with van der Waals surface area (Å²) >= 11 is 3.41. The van der Waals surface area contributed by atoms with Crippen molar-refractivity contribution in [3.05, 3.63) is 44.7 Å². The van der Waals surface area contributed by atoms with Gasteiger partial charge in [0.25, 0.3) is 5.91 Å². The van der Waals surface area contributed by atoms with Crippen LogP contribution >= 0.6 is 15.9 Å². The normalized spacial score (nSPS) is 18.4. The van der Waals surface area contributed by atoms with E-state index in [1.165, 1.54) is 6.07 Å². The van der Waals surface area contributed by atoms with Gasteiger partial charge in [0, 0.05) is 40.6 Å². The number of hydrogen-bond acceptors (Lipinski definition) is 3. The molecule has 0 saturated carbocycles. The number of nitrogens with zero attached hydrogens (tertiary/aromatic N) is 1. The Morgan fingerprint density at radius 2 is 2.24 bits per heavy atom. The third kappa shape index (κ3) is 2.61. The van der Waals surface area contributed by atoms with Crippen molar-refractivity contribution in [3.8, 4) is 0 Å². The second-order valence-corrected chi connectivity index (χ2v) is 6.18. The molecular weight excluding hydrogens is 334 g/mol. The van der Waals surface area contributed by atoms with Crippen molar-refractivity contribution in [2.75, 3.05) is 13.1 Å². The van der Waals surface area contributed by atoms with Crippen LogP contribution < -0.4 is 11.3 Å². The highest BCUT2D eigenvalue weighted by Gasteiger charge is 2.29. The first-order chi connectivity index (χ1) is 10.1. The molecule has 1 aliphatic rings. The zero-order valence-corrected chi connectivity index (χ0v) is 13.0. The lowest BCUT2D eigenvalue weighted by Crippen LogP contribution is -2.40. The highest BCUT2D eigenvalue weighted by molar-refractivity contribution is 9.10. The van der Waals surface area contributed by atoms with Gasteiger partial charge < -0.3 is 15.6 Å². The highest BCUT2D eigenvalue weighted by atomic mass is 79.9. The predicted octanol–water partition coefficient (Wildman–Crippen LogP) is 1.85. The summed E-state index contributed by atoms with van der Waals surface area (Å²) in [4.78, 5) is 29.1. The number of likely N-dealkylation sites (tertiary alicyclic amines) is 1. The molecule has 3 N–H and O–H groups in total. The maximum atomic E-state index is 12.8. The van der Waals surface area contributed by atoms with Crippen LogP contribution in [0.2, 0.25) is 0 Å². The van der Waals surface area contributed by atoms with Crippen molar-refractivity contribution in [3.63, 3.8) is 0 Å². The summed E-state index contributed by atoms with van der Waals surface area (Å²) in [6.45, 7) is 1.15. The lowest BCUT2D eigenvalue weighted by molar-refractivity contribution is 0.0743. The molecule has 2 heterocycles. The molecule has 3 rings (SSSR count). The Morgan fingerprint density at radius 3 is 3.00 bits per heavy atom. The minimum Gasteiger partial charge on any atom is -0.334 e. The molecule has 2 aromatic rings. The van der Waals surface area contributed by atoms with Crippen LogP contribution in [-0.2, 0) is 0 Å². The van der Waals surface area contributed by atoms with E-state index in [1.807, 2.05) is 12.1 Å². The standard InChI is InChI=1S/C15H16BrN3O2/c16-9-3-4-13-11(6-9)12(7-14(20)18-13)15(21)19-5-1-2-10(19)8-17/h3-4,6-7,10H,1-2,5,8,17H2,(H,18,20)/t10-/m1/s1. The first kappa shape index (κ1) is 14.3. The first-order valence-corrected chi connectivity index (χ1v) is 7.73. The molecule has 110 valence electrons. The Bertz CT molecular complexity index is 756. The largest absolute Gasteiger partial charge is 0.334 e. The third-order valence-corrected chi connectivity index (χ3v) is 4.44. The van der Waals surface area contributed by atoms with Gasteiger partial charge in [0.1, 0.15) is 0 Å². The monoisotopic (exact) mass is 349 g/mol. The van der Waals surface area contributed by atoms with Gasteiger partial charge >= 0.3 is 0 Å². The van der Waals surface area contributed by atoms with Gasteiger partial charge in [-0.3, -0.25) is 9.59 Å². The Kier molecular flexibility index (Phi) is 3.82. The van der Waals surface area contributed by atoms with E-state index in [4.69, 9.17) is 5.73 Å². The summed E-state index contributed by atoms with van der Waals surface area (Å²) in [5.41, 5.74) is 6.58. The van der Waals surface area contributed by atoms with Gasteiger partial charge in [-0.15, -0.1) is 0 Å². The number of carbonyl (C=O) groups excluding carboxylic acids is 1. The maximum Gasteiger partial charge on any atom is 0.255 e. The van der Waals surface area contributed by atoms with Crippen LogP contribution in [0, 0.1) is 0 Å². The molecule has 0 unspecified atom stereocenters. The number of nitrogens with two attached hydrogens (primary N) is 1. The number of benzene rings is 1. The number of aromatic nitrogens is 1. The van der Waals surface area contributed by atoms with E-state index >= 15 is 0 Å². The van der Waals surface area contributed by atoms with E-state index < -0.39 is 0 Å². The van der Waals surface area contributed by atoms with Gasteiger partial charge in [0.05, 0.1) is 5.56 Å². The maximum absolute atomic E-state index is 12.8. The predicted molar refractivity (Wildman–Crippen MR) is 85.4 cm³/mol. The van der Waals surface area contributed by atoms with Crippen molar-refractivity contribution in [1.29, 1.82) is 0 Å². The molecule has 1 aliphatic heterocycles. The third-order valence-electron chi connectivity index (χ3n) is 3.95. The molecule has 0 radical (unpaired) electrons. The number of hydrogen-bond donors (Lipinski definition) is 2. The van der Waals surface area contributed by atoms with Crippen LogP contribution in [0.1, 0.15) is 23.2 Å². The van der Waals surface area contributed by atoms with Crippen molar-refractivity contribution >= 4 is 32.7 Å².